The fraction of sp³-hybridized carbons (Fsp3) is 0.143. The third-order valence-electron chi connectivity index (χ3n) is 3.84. The molecule has 0 atom stereocenters. The van der Waals surface area contributed by atoms with E-state index in [1.165, 1.54) is 11.1 Å². The van der Waals surface area contributed by atoms with Crippen LogP contribution >= 0.6 is 23.5 Å². The summed E-state index contributed by atoms with van der Waals surface area (Å²) in [4.78, 5) is 10.8. The van der Waals surface area contributed by atoms with E-state index in [0.29, 0.717) is 0 Å². The molecule has 0 fully saturated rings. The lowest BCUT2D eigenvalue weighted by molar-refractivity contribution is -0.384. The van der Waals surface area contributed by atoms with Crippen LogP contribution in [0, 0.1) is 10.1 Å². The summed E-state index contributed by atoms with van der Waals surface area (Å²) < 4.78 is 0.135. The molecule has 0 N–H and O–H groups in total. The fourth-order valence-corrected chi connectivity index (χ4v) is 5.06. The van der Waals surface area contributed by atoms with Crippen molar-refractivity contribution in [3.8, 4) is 0 Å². The second-order valence-electron chi connectivity index (χ2n) is 5.78. The van der Waals surface area contributed by atoms with Crippen molar-refractivity contribution >= 4 is 29.2 Å². The molecule has 3 aromatic carbocycles. The second kappa shape index (κ2) is 9.46. The van der Waals surface area contributed by atoms with Crippen molar-refractivity contribution in [1.29, 1.82) is 0 Å². The van der Waals surface area contributed by atoms with Crippen LogP contribution in [-0.4, -0.2) is 4.92 Å². The second-order valence-corrected chi connectivity index (χ2v) is 8.26. The van der Waals surface area contributed by atoms with Gasteiger partial charge in [-0.3, -0.25) is 10.1 Å². The molecule has 0 bridgehead atoms. The van der Waals surface area contributed by atoms with Crippen molar-refractivity contribution in [3.63, 3.8) is 0 Å². The summed E-state index contributed by atoms with van der Waals surface area (Å²) in [7, 11) is 0. The van der Waals surface area contributed by atoms with Crippen LogP contribution in [0.1, 0.15) is 21.3 Å². The third-order valence-corrected chi connectivity index (χ3v) is 6.81. The van der Waals surface area contributed by atoms with E-state index < -0.39 is 0 Å². The van der Waals surface area contributed by atoms with E-state index in [4.69, 9.17) is 0 Å². The molecule has 0 unspecified atom stereocenters. The van der Waals surface area contributed by atoms with Crippen LogP contribution in [0.4, 0.5) is 5.69 Å². The van der Waals surface area contributed by atoms with Crippen LogP contribution in [-0.2, 0) is 11.5 Å². The highest BCUT2D eigenvalue weighted by molar-refractivity contribution is 8.15. The Morgan fingerprint density at radius 2 is 1.31 bits per heavy atom. The lowest BCUT2D eigenvalue weighted by Crippen LogP contribution is -1.95. The number of hydrogen-bond donors (Lipinski definition) is 0. The maximum absolute atomic E-state index is 11.1. The largest absolute Gasteiger partial charge is 0.269 e. The van der Waals surface area contributed by atoms with Crippen LogP contribution < -0.4 is 0 Å². The molecule has 0 saturated heterocycles. The molecule has 0 radical (unpaired) electrons. The van der Waals surface area contributed by atoms with Crippen molar-refractivity contribution in [2.24, 2.45) is 0 Å². The van der Waals surface area contributed by atoms with Gasteiger partial charge in [0.1, 0.15) is 0 Å². The average molecular weight is 382 g/mol. The molecule has 0 aliphatic rings. The van der Waals surface area contributed by atoms with Gasteiger partial charge >= 0.3 is 0 Å². The number of rotatable bonds is 8. The maximum Gasteiger partial charge on any atom is 0.269 e. The molecule has 0 aromatic heterocycles. The Hall–Kier alpha value is -2.24. The Morgan fingerprint density at radius 1 is 0.769 bits per heavy atom. The molecule has 0 aliphatic heterocycles. The van der Waals surface area contributed by atoms with Gasteiger partial charge in [0.15, 0.2) is 0 Å². The minimum absolute atomic E-state index is 0.135. The van der Waals surface area contributed by atoms with Gasteiger partial charge in [-0.05, 0) is 16.7 Å². The van der Waals surface area contributed by atoms with Crippen molar-refractivity contribution in [3.05, 3.63) is 112 Å². The molecule has 0 heterocycles. The quantitative estimate of drug-likeness (QED) is 0.255. The van der Waals surface area contributed by atoms with Gasteiger partial charge in [0.25, 0.3) is 5.69 Å². The van der Waals surface area contributed by atoms with Gasteiger partial charge in [0.05, 0.1) is 9.51 Å². The van der Waals surface area contributed by atoms with Crippen LogP contribution in [0.5, 0.6) is 0 Å². The van der Waals surface area contributed by atoms with Crippen molar-refractivity contribution in [1.82, 2.24) is 0 Å². The van der Waals surface area contributed by atoms with E-state index in [9.17, 15) is 10.1 Å². The summed E-state index contributed by atoms with van der Waals surface area (Å²) in [5.74, 6) is 1.74. The van der Waals surface area contributed by atoms with Crippen molar-refractivity contribution < 1.29 is 4.92 Å². The molecule has 5 heteroatoms. The molecule has 132 valence electrons. The fourth-order valence-electron chi connectivity index (χ4n) is 2.52. The molecule has 0 spiro atoms. The third kappa shape index (κ3) is 5.38. The van der Waals surface area contributed by atoms with Crippen LogP contribution in [0.15, 0.2) is 84.9 Å². The average Bonchev–Trinajstić information content (AvgIpc) is 2.69. The van der Waals surface area contributed by atoms with Crippen molar-refractivity contribution in [2.75, 3.05) is 0 Å². The molecule has 0 amide bonds. The predicted molar refractivity (Wildman–Crippen MR) is 111 cm³/mol. The molecule has 3 rings (SSSR count). The first-order valence-electron chi connectivity index (χ1n) is 8.28. The molecule has 0 aliphatic carbocycles. The Bertz CT molecular complexity index is 797. The summed E-state index contributed by atoms with van der Waals surface area (Å²) in [5.41, 5.74) is 3.65. The Balaban J connectivity index is 1.76. The van der Waals surface area contributed by atoms with Crippen LogP contribution in [0.2, 0.25) is 0 Å². The zero-order valence-electron chi connectivity index (χ0n) is 14.2. The molecular formula is C21H19NO2S2. The SMILES string of the molecule is O=[N+]([O-])c1cccc(C(SCc2ccccc2)SCc2ccccc2)c1. The van der Waals surface area contributed by atoms with E-state index in [0.717, 1.165) is 17.1 Å². The molecule has 3 aromatic rings. The highest BCUT2D eigenvalue weighted by Crippen LogP contribution is 2.43. The lowest BCUT2D eigenvalue weighted by atomic mass is 10.2. The highest BCUT2D eigenvalue weighted by Gasteiger charge is 2.16. The van der Waals surface area contributed by atoms with E-state index in [-0.39, 0.29) is 15.2 Å². The topological polar surface area (TPSA) is 43.1 Å². The molecule has 3 nitrogen and oxygen atoms in total. The highest BCUT2D eigenvalue weighted by atomic mass is 32.2. The zero-order chi connectivity index (χ0) is 18.2. The number of benzene rings is 3. The van der Waals surface area contributed by atoms with E-state index >= 15 is 0 Å². The van der Waals surface area contributed by atoms with Gasteiger partial charge in [-0.1, -0.05) is 72.8 Å². The first kappa shape index (κ1) is 18.5. The number of hydrogen-bond acceptors (Lipinski definition) is 4. The number of non-ortho nitro benzene ring substituents is 1. The normalized spacial score (nSPS) is 10.8. The molecular weight excluding hydrogens is 362 g/mol. The lowest BCUT2D eigenvalue weighted by Gasteiger charge is -2.17. The van der Waals surface area contributed by atoms with Gasteiger partial charge in [-0.25, -0.2) is 0 Å². The molecule has 0 saturated carbocycles. The van der Waals surface area contributed by atoms with Gasteiger partial charge in [0, 0.05) is 23.6 Å². The van der Waals surface area contributed by atoms with Gasteiger partial charge < -0.3 is 0 Å². The summed E-state index contributed by atoms with van der Waals surface area (Å²) in [6, 6.07) is 27.6. The number of nitro benzene ring substituents is 1. The standard InChI is InChI=1S/C21H19NO2S2/c23-22(24)20-13-7-12-19(14-20)21(25-15-17-8-3-1-4-9-17)26-16-18-10-5-2-6-11-18/h1-14,21H,15-16H2. The smallest absolute Gasteiger partial charge is 0.258 e. The zero-order valence-corrected chi connectivity index (χ0v) is 15.8. The van der Waals surface area contributed by atoms with E-state index in [1.54, 1.807) is 18.2 Å². The Morgan fingerprint density at radius 3 is 1.81 bits per heavy atom. The van der Waals surface area contributed by atoms with Crippen LogP contribution in [0.25, 0.3) is 0 Å². The Labute approximate surface area is 162 Å². The molecule has 26 heavy (non-hydrogen) atoms. The van der Waals surface area contributed by atoms with Gasteiger partial charge in [-0.15, -0.1) is 23.5 Å². The summed E-state index contributed by atoms with van der Waals surface area (Å²) in [6.07, 6.45) is 0. The van der Waals surface area contributed by atoms with Crippen LogP contribution in [0.3, 0.4) is 0 Å². The number of nitro groups is 1. The number of nitrogens with zero attached hydrogens (tertiary/aromatic N) is 1. The van der Waals surface area contributed by atoms with Crippen molar-refractivity contribution in [2.45, 2.75) is 16.1 Å². The summed E-state index contributed by atoms with van der Waals surface area (Å²) in [5, 5.41) is 11.1. The maximum atomic E-state index is 11.1. The Kier molecular flexibility index (Phi) is 6.75. The first-order valence-corrected chi connectivity index (χ1v) is 10.4. The van der Waals surface area contributed by atoms with E-state index in [1.807, 2.05) is 66.0 Å². The summed E-state index contributed by atoms with van der Waals surface area (Å²) in [6.45, 7) is 0. The van der Waals surface area contributed by atoms with E-state index in [2.05, 4.69) is 24.3 Å². The monoisotopic (exact) mass is 381 g/mol. The minimum atomic E-state index is -0.329. The first-order chi connectivity index (χ1) is 12.7. The number of thioether (sulfide) groups is 2. The summed E-state index contributed by atoms with van der Waals surface area (Å²) >= 11 is 3.62. The predicted octanol–water partition coefficient (Wildman–Crippen LogP) is 6.46. The minimum Gasteiger partial charge on any atom is -0.258 e. The van der Waals surface area contributed by atoms with Gasteiger partial charge in [-0.2, -0.15) is 0 Å². The van der Waals surface area contributed by atoms with Gasteiger partial charge in [0.2, 0.25) is 0 Å².